The monoisotopic (exact) mass is 334 g/mol. The molecule has 0 aliphatic carbocycles. The summed E-state index contributed by atoms with van der Waals surface area (Å²) in [6.45, 7) is 3.41. The molecule has 128 valence electrons. The molecule has 3 aromatic rings. The van der Waals surface area contributed by atoms with E-state index in [-0.39, 0.29) is 5.56 Å². The molecule has 0 saturated carbocycles. The molecule has 5 nitrogen and oxygen atoms in total. The van der Waals surface area contributed by atoms with Gasteiger partial charge in [0, 0.05) is 36.7 Å². The molecule has 1 aliphatic rings. The molecular weight excluding hydrogens is 312 g/mol. The van der Waals surface area contributed by atoms with Crippen LogP contribution in [0.4, 0.5) is 5.69 Å². The fourth-order valence-electron chi connectivity index (χ4n) is 3.46. The van der Waals surface area contributed by atoms with E-state index in [9.17, 15) is 4.79 Å². The molecule has 1 saturated heterocycles. The summed E-state index contributed by atoms with van der Waals surface area (Å²) in [5.74, 6) is 0. The van der Waals surface area contributed by atoms with Crippen molar-refractivity contribution in [2.45, 2.75) is 19.0 Å². The zero-order chi connectivity index (χ0) is 17.1. The van der Waals surface area contributed by atoms with Crippen LogP contribution < -0.4 is 15.8 Å². The van der Waals surface area contributed by atoms with Gasteiger partial charge in [-0.05, 0) is 24.6 Å². The van der Waals surface area contributed by atoms with Crippen molar-refractivity contribution in [1.29, 1.82) is 0 Å². The Kier molecular flexibility index (Phi) is 4.48. The largest absolute Gasteiger partial charge is 0.370 e. The number of benzene rings is 2. The van der Waals surface area contributed by atoms with Crippen molar-refractivity contribution in [3.05, 3.63) is 71.1 Å². The molecule has 0 spiro atoms. The average molecular weight is 334 g/mol. The van der Waals surface area contributed by atoms with Crippen molar-refractivity contribution < 1.29 is 0 Å². The van der Waals surface area contributed by atoms with Crippen molar-refractivity contribution in [2.75, 3.05) is 24.5 Å². The van der Waals surface area contributed by atoms with Crippen LogP contribution in [0.2, 0.25) is 0 Å². The van der Waals surface area contributed by atoms with E-state index in [0.717, 1.165) is 36.8 Å². The van der Waals surface area contributed by atoms with E-state index in [2.05, 4.69) is 39.6 Å². The van der Waals surface area contributed by atoms with Gasteiger partial charge in [0.2, 0.25) is 0 Å². The zero-order valence-corrected chi connectivity index (χ0v) is 14.1. The molecule has 2 aromatic carbocycles. The summed E-state index contributed by atoms with van der Waals surface area (Å²) in [7, 11) is 0. The molecule has 4 rings (SSSR count). The molecule has 0 amide bonds. The smallest absolute Gasteiger partial charge is 0.274 e. The first-order chi connectivity index (χ1) is 12.3. The first-order valence-electron chi connectivity index (χ1n) is 8.79. The molecule has 1 aromatic heterocycles. The highest BCUT2D eigenvalue weighted by molar-refractivity contribution is 5.80. The second-order valence-corrected chi connectivity index (χ2v) is 6.48. The summed E-state index contributed by atoms with van der Waals surface area (Å²) in [5, 5.41) is 9.48. The Hall–Kier alpha value is -2.66. The number of aromatic nitrogens is 2. The van der Waals surface area contributed by atoms with Crippen LogP contribution in [0.25, 0.3) is 10.8 Å². The van der Waals surface area contributed by atoms with Crippen LogP contribution in [0.5, 0.6) is 0 Å². The summed E-state index contributed by atoms with van der Waals surface area (Å²) in [4.78, 5) is 14.9. The quantitative estimate of drug-likeness (QED) is 0.778. The number of fused-ring (bicyclic) bond motifs is 1. The van der Waals surface area contributed by atoms with Gasteiger partial charge in [-0.1, -0.05) is 36.4 Å². The topological polar surface area (TPSA) is 50.2 Å². The van der Waals surface area contributed by atoms with Gasteiger partial charge in [0.25, 0.3) is 5.56 Å². The Balaban J connectivity index is 1.34. The van der Waals surface area contributed by atoms with Crippen LogP contribution in [0.1, 0.15) is 6.42 Å². The van der Waals surface area contributed by atoms with E-state index in [4.69, 9.17) is 0 Å². The van der Waals surface area contributed by atoms with Crippen LogP contribution in [-0.2, 0) is 6.54 Å². The van der Waals surface area contributed by atoms with Crippen molar-refractivity contribution in [1.82, 2.24) is 15.1 Å². The number of hydrogen-bond acceptors (Lipinski definition) is 4. The van der Waals surface area contributed by atoms with Crippen LogP contribution in [0.3, 0.4) is 0 Å². The highest BCUT2D eigenvalue weighted by atomic mass is 16.1. The Morgan fingerprint density at radius 3 is 2.76 bits per heavy atom. The lowest BCUT2D eigenvalue weighted by Crippen LogP contribution is -2.36. The SMILES string of the molecule is O=c1c2ccccc2cnn1CCN[C@@H]1CCN(c2ccccc2)C1. The molecule has 1 aliphatic heterocycles. The Morgan fingerprint density at radius 1 is 1.08 bits per heavy atom. The predicted octanol–water partition coefficient (Wildman–Crippen LogP) is 2.27. The minimum atomic E-state index is -0.0164. The second-order valence-electron chi connectivity index (χ2n) is 6.48. The minimum Gasteiger partial charge on any atom is -0.370 e. The molecule has 25 heavy (non-hydrogen) atoms. The first kappa shape index (κ1) is 15.8. The molecule has 1 atom stereocenters. The maximum Gasteiger partial charge on any atom is 0.274 e. The molecule has 0 unspecified atom stereocenters. The molecule has 5 heteroatoms. The standard InChI is InChI=1S/C20H22N4O/c25-20-19-9-5-4-6-16(19)14-22-24(20)13-11-21-17-10-12-23(15-17)18-7-2-1-3-8-18/h1-9,14,17,21H,10-13,15H2/t17-/m1/s1. The van der Waals surface area contributed by atoms with E-state index in [1.165, 1.54) is 5.69 Å². The lowest BCUT2D eigenvalue weighted by atomic mass is 10.2. The highest BCUT2D eigenvalue weighted by Crippen LogP contribution is 2.19. The van der Waals surface area contributed by atoms with Crippen molar-refractivity contribution in [3.63, 3.8) is 0 Å². The molecule has 1 fully saturated rings. The summed E-state index contributed by atoms with van der Waals surface area (Å²) in [6.07, 6.45) is 2.89. The number of para-hydroxylation sites is 1. The van der Waals surface area contributed by atoms with E-state index >= 15 is 0 Å². The van der Waals surface area contributed by atoms with Crippen LogP contribution in [0.15, 0.2) is 65.6 Å². The molecule has 0 bridgehead atoms. The lowest BCUT2D eigenvalue weighted by molar-refractivity contribution is 0.487. The van der Waals surface area contributed by atoms with Gasteiger partial charge in [-0.25, -0.2) is 4.68 Å². The van der Waals surface area contributed by atoms with E-state index in [1.807, 2.05) is 30.3 Å². The molecule has 0 radical (unpaired) electrons. The summed E-state index contributed by atoms with van der Waals surface area (Å²) < 4.78 is 1.55. The molecular formula is C20H22N4O. The third kappa shape index (κ3) is 3.42. The molecule has 2 heterocycles. The van der Waals surface area contributed by atoms with Gasteiger partial charge in [0.05, 0.1) is 18.1 Å². The van der Waals surface area contributed by atoms with Gasteiger partial charge in [0.15, 0.2) is 0 Å². The van der Waals surface area contributed by atoms with E-state index < -0.39 is 0 Å². The van der Waals surface area contributed by atoms with Crippen molar-refractivity contribution in [2.24, 2.45) is 0 Å². The van der Waals surface area contributed by atoms with Crippen LogP contribution in [-0.4, -0.2) is 35.5 Å². The Morgan fingerprint density at radius 2 is 1.88 bits per heavy atom. The number of rotatable bonds is 5. The van der Waals surface area contributed by atoms with Crippen molar-refractivity contribution in [3.8, 4) is 0 Å². The Labute approximate surface area is 146 Å². The summed E-state index contributed by atoms with van der Waals surface area (Å²) in [5.41, 5.74) is 1.26. The van der Waals surface area contributed by atoms with Gasteiger partial charge in [-0.15, -0.1) is 0 Å². The zero-order valence-electron chi connectivity index (χ0n) is 14.1. The Bertz CT molecular complexity index is 906. The van der Waals surface area contributed by atoms with Gasteiger partial charge in [-0.2, -0.15) is 5.10 Å². The lowest BCUT2D eigenvalue weighted by Gasteiger charge is -2.19. The van der Waals surface area contributed by atoms with Gasteiger partial charge >= 0.3 is 0 Å². The van der Waals surface area contributed by atoms with Gasteiger partial charge < -0.3 is 10.2 Å². The summed E-state index contributed by atoms with van der Waals surface area (Å²) in [6, 6.07) is 18.6. The molecule has 1 N–H and O–H groups in total. The summed E-state index contributed by atoms with van der Waals surface area (Å²) >= 11 is 0. The predicted molar refractivity (Wildman–Crippen MR) is 101 cm³/mol. The number of nitrogens with one attached hydrogen (secondary N) is 1. The highest BCUT2D eigenvalue weighted by Gasteiger charge is 2.21. The average Bonchev–Trinajstić information content (AvgIpc) is 3.13. The van der Waals surface area contributed by atoms with E-state index in [1.54, 1.807) is 10.9 Å². The number of nitrogens with zero attached hydrogens (tertiary/aromatic N) is 3. The maximum atomic E-state index is 12.5. The third-order valence-corrected chi connectivity index (χ3v) is 4.83. The third-order valence-electron chi connectivity index (χ3n) is 4.83. The number of hydrogen-bond donors (Lipinski definition) is 1. The van der Waals surface area contributed by atoms with Crippen LogP contribution >= 0.6 is 0 Å². The van der Waals surface area contributed by atoms with Gasteiger partial charge in [0.1, 0.15) is 0 Å². The normalized spacial score (nSPS) is 17.3. The van der Waals surface area contributed by atoms with Crippen LogP contribution in [0, 0.1) is 0 Å². The number of anilines is 1. The first-order valence-corrected chi connectivity index (χ1v) is 8.79. The maximum absolute atomic E-state index is 12.5. The second kappa shape index (κ2) is 7.07. The fourth-order valence-corrected chi connectivity index (χ4v) is 3.46. The van der Waals surface area contributed by atoms with Crippen molar-refractivity contribution >= 4 is 16.5 Å². The van der Waals surface area contributed by atoms with Gasteiger partial charge in [-0.3, -0.25) is 4.79 Å². The fraction of sp³-hybridized carbons (Fsp3) is 0.300. The minimum absolute atomic E-state index is 0.0164. The van der Waals surface area contributed by atoms with E-state index in [0.29, 0.717) is 12.6 Å².